The van der Waals surface area contributed by atoms with Crippen LogP contribution in [-0.4, -0.2) is 23.7 Å². The van der Waals surface area contributed by atoms with Gasteiger partial charge >= 0.3 is 5.97 Å². The fourth-order valence-electron chi connectivity index (χ4n) is 1.56. The van der Waals surface area contributed by atoms with Crippen LogP contribution in [0.2, 0.25) is 0 Å². The highest BCUT2D eigenvalue weighted by Crippen LogP contribution is 2.37. The maximum absolute atomic E-state index is 10.5. The standard InChI is InChI=1S/C9H17NO2/c1-9(10-2,6-8(11)12)5-7-3-4-7/h7,10H,3-6H2,1-2H3,(H,11,12). The molecule has 1 atom stereocenters. The van der Waals surface area contributed by atoms with Crippen molar-refractivity contribution in [1.82, 2.24) is 5.32 Å². The Labute approximate surface area is 73.2 Å². The number of hydrogen-bond acceptors (Lipinski definition) is 2. The second kappa shape index (κ2) is 3.44. The van der Waals surface area contributed by atoms with Gasteiger partial charge in [-0.05, 0) is 26.3 Å². The van der Waals surface area contributed by atoms with Crippen molar-refractivity contribution in [1.29, 1.82) is 0 Å². The second-order valence-electron chi connectivity index (χ2n) is 4.03. The number of rotatable bonds is 5. The van der Waals surface area contributed by atoms with Crippen molar-refractivity contribution in [2.45, 2.75) is 38.1 Å². The lowest BCUT2D eigenvalue weighted by Crippen LogP contribution is -2.42. The van der Waals surface area contributed by atoms with Crippen LogP contribution in [0.5, 0.6) is 0 Å². The lowest BCUT2D eigenvalue weighted by Gasteiger charge is -2.27. The van der Waals surface area contributed by atoms with Crippen molar-refractivity contribution in [2.75, 3.05) is 7.05 Å². The van der Waals surface area contributed by atoms with Crippen molar-refractivity contribution in [3.8, 4) is 0 Å². The van der Waals surface area contributed by atoms with E-state index >= 15 is 0 Å². The Morgan fingerprint density at radius 1 is 1.67 bits per heavy atom. The van der Waals surface area contributed by atoms with E-state index in [2.05, 4.69) is 5.32 Å². The molecule has 0 heterocycles. The molecule has 2 N–H and O–H groups in total. The lowest BCUT2D eigenvalue weighted by atomic mass is 9.91. The largest absolute Gasteiger partial charge is 0.481 e. The van der Waals surface area contributed by atoms with Crippen LogP contribution in [0.15, 0.2) is 0 Å². The Morgan fingerprint density at radius 3 is 2.58 bits per heavy atom. The average Bonchev–Trinajstić information content (AvgIpc) is 2.70. The molecule has 70 valence electrons. The first-order valence-corrected chi connectivity index (χ1v) is 4.46. The van der Waals surface area contributed by atoms with Crippen LogP contribution in [-0.2, 0) is 4.79 Å². The molecule has 1 fully saturated rings. The molecule has 0 aromatic rings. The number of nitrogens with one attached hydrogen (secondary N) is 1. The van der Waals surface area contributed by atoms with Crippen LogP contribution in [0, 0.1) is 5.92 Å². The molecule has 0 amide bonds. The molecular formula is C9H17NO2. The highest BCUT2D eigenvalue weighted by molar-refractivity contribution is 5.68. The molecule has 1 rings (SSSR count). The third-order valence-electron chi connectivity index (χ3n) is 2.58. The molecule has 0 saturated heterocycles. The van der Waals surface area contributed by atoms with E-state index in [4.69, 9.17) is 5.11 Å². The summed E-state index contributed by atoms with van der Waals surface area (Å²) in [5.74, 6) is 0.0503. The van der Waals surface area contributed by atoms with Gasteiger partial charge < -0.3 is 10.4 Å². The van der Waals surface area contributed by atoms with Gasteiger partial charge in [0.15, 0.2) is 0 Å². The van der Waals surface area contributed by atoms with Gasteiger partial charge in [0.25, 0.3) is 0 Å². The summed E-state index contributed by atoms with van der Waals surface area (Å²) in [6.07, 6.45) is 3.77. The molecule has 0 aliphatic heterocycles. The number of carboxylic acids is 1. The predicted octanol–water partition coefficient (Wildman–Crippen LogP) is 1.24. The zero-order chi connectivity index (χ0) is 9.19. The van der Waals surface area contributed by atoms with Gasteiger partial charge in [-0.1, -0.05) is 12.8 Å². The fraction of sp³-hybridized carbons (Fsp3) is 0.889. The molecule has 1 unspecified atom stereocenters. The van der Waals surface area contributed by atoms with E-state index in [-0.39, 0.29) is 12.0 Å². The molecule has 0 radical (unpaired) electrons. The van der Waals surface area contributed by atoms with Gasteiger partial charge in [0.05, 0.1) is 6.42 Å². The van der Waals surface area contributed by atoms with Crippen LogP contribution in [0.3, 0.4) is 0 Å². The van der Waals surface area contributed by atoms with Gasteiger partial charge in [0.1, 0.15) is 0 Å². The fourth-order valence-corrected chi connectivity index (χ4v) is 1.56. The molecule has 3 nitrogen and oxygen atoms in total. The Morgan fingerprint density at radius 2 is 2.25 bits per heavy atom. The SMILES string of the molecule is CNC(C)(CC(=O)O)CC1CC1. The third-order valence-corrected chi connectivity index (χ3v) is 2.58. The van der Waals surface area contributed by atoms with Crippen LogP contribution in [0.4, 0.5) is 0 Å². The van der Waals surface area contributed by atoms with Gasteiger partial charge in [-0.2, -0.15) is 0 Å². The Kier molecular flexibility index (Phi) is 2.73. The Bertz CT molecular complexity index is 177. The Balaban J connectivity index is 2.41. The lowest BCUT2D eigenvalue weighted by molar-refractivity contribution is -0.138. The zero-order valence-electron chi connectivity index (χ0n) is 7.76. The van der Waals surface area contributed by atoms with Crippen LogP contribution >= 0.6 is 0 Å². The smallest absolute Gasteiger partial charge is 0.305 e. The summed E-state index contributed by atoms with van der Waals surface area (Å²) in [4.78, 5) is 10.5. The van der Waals surface area contributed by atoms with E-state index in [1.165, 1.54) is 12.8 Å². The van der Waals surface area contributed by atoms with Crippen molar-refractivity contribution in [2.24, 2.45) is 5.92 Å². The molecule has 0 aromatic carbocycles. The summed E-state index contributed by atoms with van der Waals surface area (Å²) in [6.45, 7) is 1.99. The summed E-state index contributed by atoms with van der Waals surface area (Å²) in [5, 5.41) is 11.8. The van der Waals surface area contributed by atoms with Crippen LogP contribution in [0.1, 0.15) is 32.6 Å². The van der Waals surface area contributed by atoms with Crippen molar-refractivity contribution < 1.29 is 9.90 Å². The number of hydrogen-bond donors (Lipinski definition) is 2. The zero-order valence-corrected chi connectivity index (χ0v) is 7.76. The quantitative estimate of drug-likeness (QED) is 0.654. The molecule has 0 bridgehead atoms. The number of carboxylic acid groups (broad SMARTS) is 1. The van der Waals surface area contributed by atoms with Crippen molar-refractivity contribution >= 4 is 5.97 Å². The molecule has 1 aliphatic carbocycles. The maximum Gasteiger partial charge on any atom is 0.305 e. The van der Waals surface area contributed by atoms with Gasteiger partial charge in [-0.3, -0.25) is 4.79 Å². The topological polar surface area (TPSA) is 49.3 Å². The first-order valence-electron chi connectivity index (χ1n) is 4.46. The van der Waals surface area contributed by atoms with Crippen LogP contribution in [0.25, 0.3) is 0 Å². The maximum atomic E-state index is 10.5. The average molecular weight is 171 g/mol. The number of carbonyl (C=O) groups is 1. The molecule has 3 heteroatoms. The Hall–Kier alpha value is -0.570. The molecule has 0 spiro atoms. The predicted molar refractivity (Wildman–Crippen MR) is 47.1 cm³/mol. The van der Waals surface area contributed by atoms with Gasteiger partial charge in [-0.15, -0.1) is 0 Å². The van der Waals surface area contributed by atoms with Gasteiger partial charge in [-0.25, -0.2) is 0 Å². The number of aliphatic carboxylic acids is 1. The normalized spacial score (nSPS) is 21.8. The highest BCUT2D eigenvalue weighted by Gasteiger charge is 2.33. The molecule has 1 aliphatic rings. The van der Waals surface area contributed by atoms with E-state index in [9.17, 15) is 4.79 Å². The molecule has 0 aromatic heterocycles. The first-order chi connectivity index (χ1) is 5.56. The van der Waals surface area contributed by atoms with Crippen molar-refractivity contribution in [3.63, 3.8) is 0 Å². The second-order valence-corrected chi connectivity index (χ2v) is 4.03. The summed E-state index contributed by atoms with van der Waals surface area (Å²) in [7, 11) is 1.84. The summed E-state index contributed by atoms with van der Waals surface area (Å²) >= 11 is 0. The highest BCUT2D eigenvalue weighted by atomic mass is 16.4. The summed E-state index contributed by atoms with van der Waals surface area (Å²) in [6, 6.07) is 0. The van der Waals surface area contributed by atoms with Crippen LogP contribution < -0.4 is 5.32 Å². The molecule has 1 saturated carbocycles. The summed E-state index contributed by atoms with van der Waals surface area (Å²) in [5.41, 5.74) is -0.201. The summed E-state index contributed by atoms with van der Waals surface area (Å²) < 4.78 is 0. The van der Waals surface area contributed by atoms with E-state index in [0.29, 0.717) is 0 Å². The minimum absolute atomic E-state index is 0.201. The molecular weight excluding hydrogens is 154 g/mol. The third kappa shape index (κ3) is 2.81. The van der Waals surface area contributed by atoms with Crippen molar-refractivity contribution in [3.05, 3.63) is 0 Å². The van der Waals surface area contributed by atoms with E-state index in [1.807, 2.05) is 14.0 Å². The molecule has 12 heavy (non-hydrogen) atoms. The first kappa shape index (κ1) is 9.52. The minimum Gasteiger partial charge on any atom is -0.481 e. The van der Waals surface area contributed by atoms with Gasteiger partial charge in [0, 0.05) is 5.54 Å². The van der Waals surface area contributed by atoms with E-state index in [0.717, 1.165) is 12.3 Å². The van der Waals surface area contributed by atoms with E-state index in [1.54, 1.807) is 0 Å². The monoisotopic (exact) mass is 171 g/mol. The van der Waals surface area contributed by atoms with E-state index < -0.39 is 5.97 Å². The van der Waals surface area contributed by atoms with Gasteiger partial charge in [0.2, 0.25) is 0 Å². The minimum atomic E-state index is -0.715.